The predicted molar refractivity (Wildman–Crippen MR) is 78.2 cm³/mol. The Morgan fingerprint density at radius 3 is 2.86 bits per heavy atom. The number of halogens is 1. The second-order valence-electron chi connectivity index (χ2n) is 5.44. The average Bonchev–Trinajstić information content (AvgIpc) is 2.46. The summed E-state index contributed by atoms with van der Waals surface area (Å²) in [6, 6.07) is 2.34. The Bertz CT molecular complexity index is 536. The molecule has 7 heteroatoms. The lowest BCUT2D eigenvalue weighted by molar-refractivity contribution is -0.384. The van der Waals surface area contributed by atoms with Gasteiger partial charge in [-0.1, -0.05) is 0 Å². The summed E-state index contributed by atoms with van der Waals surface area (Å²) in [4.78, 5) is 12.5. The number of hydrogen-bond donors (Lipinski definition) is 1. The molecule has 1 saturated heterocycles. The predicted octanol–water partition coefficient (Wildman–Crippen LogP) is 2.31. The summed E-state index contributed by atoms with van der Waals surface area (Å²) in [7, 11) is 1.34. The van der Waals surface area contributed by atoms with E-state index < -0.39 is 10.7 Å². The van der Waals surface area contributed by atoms with Gasteiger partial charge in [0.25, 0.3) is 5.69 Å². The molecule has 21 heavy (non-hydrogen) atoms. The number of ether oxygens (including phenoxy) is 1. The standard InChI is InChI=1S/C14H20FN3O3/c1-9(16)10-4-3-5-17(8-10)12-7-14(21-2)11(15)6-13(12)18(19)20/h6-7,9-10H,3-5,8,16H2,1-2H3. The number of nitrogens with zero attached hydrogens (tertiary/aromatic N) is 2. The van der Waals surface area contributed by atoms with Crippen LogP contribution in [0.1, 0.15) is 19.8 Å². The first kappa shape index (κ1) is 15.5. The molecule has 6 nitrogen and oxygen atoms in total. The molecule has 2 N–H and O–H groups in total. The number of nitrogens with two attached hydrogens (primary N) is 1. The van der Waals surface area contributed by atoms with Crippen LogP contribution >= 0.6 is 0 Å². The molecule has 0 spiro atoms. The largest absolute Gasteiger partial charge is 0.494 e. The number of nitro groups is 1. The van der Waals surface area contributed by atoms with Crippen LogP contribution in [0.25, 0.3) is 0 Å². The molecule has 0 saturated carbocycles. The third kappa shape index (κ3) is 3.24. The van der Waals surface area contributed by atoms with Crippen molar-refractivity contribution in [1.82, 2.24) is 0 Å². The lowest BCUT2D eigenvalue weighted by atomic mass is 9.92. The Kier molecular flexibility index (Phi) is 4.62. The maximum absolute atomic E-state index is 13.7. The highest BCUT2D eigenvalue weighted by Gasteiger charge is 2.28. The number of anilines is 1. The fraction of sp³-hybridized carbons (Fsp3) is 0.571. The van der Waals surface area contributed by atoms with E-state index in [0.29, 0.717) is 18.8 Å². The summed E-state index contributed by atoms with van der Waals surface area (Å²) >= 11 is 0. The maximum Gasteiger partial charge on any atom is 0.295 e. The van der Waals surface area contributed by atoms with Crippen LogP contribution in [0, 0.1) is 21.8 Å². The highest BCUT2D eigenvalue weighted by molar-refractivity contribution is 5.66. The minimum atomic E-state index is -0.728. The number of hydrogen-bond acceptors (Lipinski definition) is 5. The number of benzene rings is 1. The molecule has 0 bridgehead atoms. The van der Waals surface area contributed by atoms with Crippen molar-refractivity contribution in [2.45, 2.75) is 25.8 Å². The molecule has 2 rings (SSSR count). The Morgan fingerprint density at radius 2 is 2.29 bits per heavy atom. The third-order valence-electron chi connectivity index (χ3n) is 3.99. The van der Waals surface area contributed by atoms with Gasteiger partial charge < -0.3 is 15.4 Å². The van der Waals surface area contributed by atoms with Crippen molar-refractivity contribution in [2.75, 3.05) is 25.1 Å². The van der Waals surface area contributed by atoms with Gasteiger partial charge in [-0.25, -0.2) is 4.39 Å². The molecule has 2 atom stereocenters. The summed E-state index contributed by atoms with van der Waals surface area (Å²) < 4.78 is 18.6. The SMILES string of the molecule is COc1cc(N2CCCC(C(C)N)C2)c([N+](=O)[O-])cc1F. The van der Waals surface area contributed by atoms with Gasteiger partial charge in [0, 0.05) is 25.2 Å². The van der Waals surface area contributed by atoms with Gasteiger partial charge in [0.1, 0.15) is 5.69 Å². The lowest BCUT2D eigenvalue weighted by Crippen LogP contribution is -2.42. The summed E-state index contributed by atoms with van der Waals surface area (Å²) in [5.41, 5.74) is 6.10. The van der Waals surface area contributed by atoms with Crippen molar-refractivity contribution in [2.24, 2.45) is 11.7 Å². The van der Waals surface area contributed by atoms with Crippen LogP contribution in [-0.4, -0.2) is 31.2 Å². The Labute approximate surface area is 122 Å². The van der Waals surface area contributed by atoms with E-state index in [1.807, 2.05) is 11.8 Å². The smallest absolute Gasteiger partial charge is 0.295 e. The van der Waals surface area contributed by atoms with Gasteiger partial charge in [0.05, 0.1) is 18.1 Å². The van der Waals surface area contributed by atoms with Gasteiger partial charge in [0.2, 0.25) is 0 Å². The molecule has 1 heterocycles. The molecule has 0 radical (unpaired) electrons. The van der Waals surface area contributed by atoms with Crippen LogP contribution < -0.4 is 15.4 Å². The van der Waals surface area contributed by atoms with Gasteiger partial charge in [-0.2, -0.15) is 0 Å². The number of rotatable bonds is 4. The minimum Gasteiger partial charge on any atom is -0.494 e. The molecule has 1 aliphatic heterocycles. The quantitative estimate of drug-likeness (QED) is 0.681. The highest BCUT2D eigenvalue weighted by Crippen LogP contribution is 2.36. The zero-order valence-corrected chi connectivity index (χ0v) is 12.2. The van der Waals surface area contributed by atoms with E-state index in [1.54, 1.807) is 0 Å². The molecule has 116 valence electrons. The van der Waals surface area contributed by atoms with E-state index in [0.717, 1.165) is 18.9 Å². The second-order valence-corrected chi connectivity index (χ2v) is 5.44. The molecule has 0 aliphatic carbocycles. The monoisotopic (exact) mass is 297 g/mol. The van der Waals surface area contributed by atoms with E-state index in [9.17, 15) is 14.5 Å². The number of methoxy groups -OCH3 is 1. The first-order chi connectivity index (χ1) is 9.93. The van der Waals surface area contributed by atoms with E-state index in [2.05, 4.69) is 0 Å². The van der Waals surface area contributed by atoms with Crippen molar-refractivity contribution in [3.8, 4) is 5.75 Å². The zero-order chi connectivity index (χ0) is 15.6. The Balaban J connectivity index is 2.39. The average molecular weight is 297 g/mol. The molecule has 1 aromatic carbocycles. The molecule has 2 unspecified atom stereocenters. The van der Waals surface area contributed by atoms with Crippen LogP contribution in [0.5, 0.6) is 5.75 Å². The van der Waals surface area contributed by atoms with Crippen molar-refractivity contribution in [3.05, 3.63) is 28.1 Å². The van der Waals surface area contributed by atoms with Crippen LogP contribution in [0.15, 0.2) is 12.1 Å². The summed E-state index contributed by atoms with van der Waals surface area (Å²) in [6.07, 6.45) is 1.91. The van der Waals surface area contributed by atoms with Crippen molar-refractivity contribution < 1.29 is 14.1 Å². The minimum absolute atomic E-state index is 0.0125. The first-order valence-electron chi connectivity index (χ1n) is 6.96. The highest BCUT2D eigenvalue weighted by atomic mass is 19.1. The van der Waals surface area contributed by atoms with Crippen molar-refractivity contribution >= 4 is 11.4 Å². The van der Waals surface area contributed by atoms with Gasteiger partial charge >= 0.3 is 0 Å². The van der Waals surface area contributed by atoms with Crippen LogP contribution in [0.2, 0.25) is 0 Å². The third-order valence-corrected chi connectivity index (χ3v) is 3.99. The Hall–Kier alpha value is -1.89. The summed E-state index contributed by atoms with van der Waals surface area (Å²) in [6.45, 7) is 3.26. The summed E-state index contributed by atoms with van der Waals surface area (Å²) in [5, 5.41) is 11.2. The fourth-order valence-corrected chi connectivity index (χ4v) is 2.75. The van der Waals surface area contributed by atoms with Gasteiger partial charge in [0.15, 0.2) is 11.6 Å². The van der Waals surface area contributed by atoms with E-state index >= 15 is 0 Å². The molecule has 1 aromatic rings. The van der Waals surface area contributed by atoms with Crippen molar-refractivity contribution in [1.29, 1.82) is 0 Å². The van der Waals surface area contributed by atoms with Gasteiger partial charge in [-0.15, -0.1) is 0 Å². The van der Waals surface area contributed by atoms with Crippen molar-refractivity contribution in [3.63, 3.8) is 0 Å². The summed E-state index contributed by atoms with van der Waals surface area (Å²) in [5.74, 6) is -0.443. The number of nitro benzene ring substituents is 1. The van der Waals surface area contributed by atoms with Crippen LogP contribution in [0.3, 0.4) is 0 Å². The maximum atomic E-state index is 13.7. The lowest BCUT2D eigenvalue weighted by Gasteiger charge is -2.35. The molecule has 1 aliphatic rings. The number of piperidine rings is 1. The van der Waals surface area contributed by atoms with Crippen LogP contribution in [0.4, 0.5) is 15.8 Å². The fourth-order valence-electron chi connectivity index (χ4n) is 2.75. The molecule has 0 amide bonds. The van der Waals surface area contributed by atoms with E-state index in [1.165, 1.54) is 13.2 Å². The molecular weight excluding hydrogens is 277 g/mol. The zero-order valence-electron chi connectivity index (χ0n) is 12.2. The molecule has 1 fully saturated rings. The normalized spacial score (nSPS) is 20.2. The topological polar surface area (TPSA) is 81.6 Å². The Morgan fingerprint density at radius 1 is 1.57 bits per heavy atom. The van der Waals surface area contributed by atoms with Gasteiger partial charge in [-0.3, -0.25) is 10.1 Å². The van der Waals surface area contributed by atoms with E-state index in [-0.39, 0.29) is 23.4 Å². The van der Waals surface area contributed by atoms with Crippen LogP contribution in [-0.2, 0) is 0 Å². The molecular formula is C14H20FN3O3. The van der Waals surface area contributed by atoms with Gasteiger partial charge in [-0.05, 0) is 25.7 Å². The first-order valence-corrected chi connectivity index (χ1v) is 6.96. The van der Waals surface area contributed by atoms with E-state index in [4.69, 9.17) is 10.5 Å². The molecule has 0 aromatic heterocycles. The second kappa shape index (κ2) is 6.26.